The molecule has 0 saturated heterocycles. The molecule has 7 heteroatoms. The number of alkyl halides is 3. The Bertz CT molecular complexity index is 797. The first kappa shape index (κ1) is 15.9. The molecule has 0 saturated carbocycles. The predicted octanol–water partition coefficient (Wildman–Crippen LogP) is 4.27. The molecule has 0 unspecified atom stereocenters. The molecule has 1 atom stereocenters. The highest BCUT2D eigenvalue weighted by atomic mass is 19.4. The van der Waals surface area contributed by atoms with Crippen molar-refractivity contribution in [2.75, 3.05) is 0 Å². The van der Waals surface area contributed by atoms with Crippen molar-refractivity contribution < 1.29 is 32.5 Å². The zero-order chi connectivity index (χ0) is 17.3. The van der Waals surface area contributed by atoms with Crippen molar-refractivity contribution in [1.82, 2.24) is 0 Å². The topological polar surface area (TPSA) is 55.8 Å². The summed E-state index contributed by atoms with van der Waals surface area (Å²) in [5.41, 5.74) is -0.611. The average Bonchev–Trinajstić information content (AvgIpc) is 2.53. The Morgan fingerprint density at radius 2 is 1.79 bits per heavy atom. The second-order valence-electron chi connectivity index (χ2n) is 5.06. The zero-order valence-electron chi connectivity index (χ0n) is 12.1. The Labute approximate surface area is 134 Å². The average molecular weight is 336 g/mol. The van der Waals surface area contributed by atoms with Crippen LogP contribution in [-0.4, -0.2) is 23.4 Å². The van der Waals surface area contributed by atoms with Crippen molar-refractivity contribution in [3.63, 3.8) is 0 Å². The van der Waals surface area contributed by atoms with Gasteiger partial charge in [-0.15, -0.1) is 0 Å². The summed E-state index contributed by atoms with van der Waals surface area (Å²) in [6, 6.07) is 13.0. The number of halogens is 3. The minimum atomic E-state index is -4.84. The van der Waals surface area contributed by atoms with Gasteiger partial charge in [0, 0.05) is 11.6 Å². The van der Waals surface area contributed by atoms with Crippen molar-refractivity contribution in [1.29, 1.82) is 0 Å². The summed E-state index contributed by atoms with van der Waals surface area (Å²) < 4.78 is 49.5. The molecule has 2 aromatic carbocycles. The van der Waals surface area contributed by atoms with Gasteiger partial charge in [-0.3, -0.25) is 0 Å². The van der Waals surface area contributed by atoms with E-state index in [-0.39, 0.29) is 17.1 Å². The molecule has 24 heavy (non-hydrogen) atoms. The lowest BCUT2D eigenvalue weighted by atomic mass is 10.0. The molecule has 124 valence electrons. The van der Waals surface area contributed by atoms with Gasteiger partial charge in [0.1, 0.15) is 17.2 Å². The number of hydrogen-bond donors (Lipinski definition) is 1. The first-order valence-electron chi connectivity index (χ1n) is 6.90. The van der Waals surface area contributed by atoms with Crippen LogP contribution in [0.2, 0.25) is 0 Å². The molecule has 1 N–H and O–H groups in total. The predicted molar refractivity (Wildman–Crippen MR) is 79.0 cm³/mol. The van der Waals surface area contributed by atoms with Gasteiger partial charge in [-0.25, -0.2) is 4.79 Å². The van der Waals surface area contributed by atoms with Gasteiger partial charge < -0.3 is 14.6 Å². The Hall–Kier alpha value is -2.96. The van der Waals surface area contributed by atoms with E-state index in [9.17, 15) is 18.0 Å². The number of aliphatic carboxylic acids is 1. The molecule has 0 radical (unpaired) electrons. The van der Waals surface area contributed by atoms with Crippen molar-refractivity contribution >= 4 is 12.0 Å². The van der Waals surface area contributed by atoms with Crippen LogP contribution >= 0.6 is 0 Å². The van der Waals surface area contributed by atoms with E-state index in [4.69, 9.17) is 14.6 Å². The van der Waals surface area contributed by atoms with E-state index in [1.54, 1.807) is 30.3 Å². The second-order valence-corrected chi connectivity index (χ2v) is 5.06. The molecule has 1 aliphatic rings. The van der Waals surface area contributed by atoms with Crippen molar-refractivity contribution in [2.45, 2.75) is 12.3 Å². The summed E-state index contributed by atoms with van der Waals surface area (Å²) in [6.45, 7) is 0. The van der Waals surface area contributed by atoms with Gasteiger partial charge in [0.2, 0.25) is 6.10 Å². The van der Waals surface area contributed by atoms with E-state index in [0.29, 0.717) is 5.75 Å². The van der Waals surface area contributed by atoms with Crippen LogP contribution in [0.5, 0.6) is 17.2 Å². The largest absolute Gasteiger partial charge is 0.478 e. The number of carboxylic acids is 1. The number of rotatable bonds is 3. The molecule has 1 aliphatic heterocycles. The maximum absolute atomic E-state index is 13.0. The van der Waals surface area contributed by atoms with Gasteiger partial charge in [-0.1, -0.05) is 18.2 Å². The molecule has 0 amide bonds. The van der Waals surface area contributed by atoms with Gasteiger partial charge >= 0.3 is 12.1 Å². The van der Waals surface area contributed by atoms with E-state index in [1.165, 1.54) is 18.2 Å². The highest BCUT2D eigenvalue weighted by molar-refractivity contribution is 5.95. The number of ether oxygens (including phenoxy) is 2. The van der Waals surface area contributed by atoms with E-state index in [2.05, 4.69) is 0 Å². The lowest BCUT2D eigenvalue weighted by Gasteiger charge is -2.27. The first-order valence-corrected chi connectivity index (χ1v) is 6.90. The van der Waals surface area contributed by atoms with E-state index in [0.717, 1.165) is 6.08 Å². The summed E-state index contributed by atoms with van der Waals surface area (Å²) in [5.74, 6) is -0.959. The standard InChI is InChI=1S/C17H11F3O4/c18-17(19,20)15-13(16(21)22)8-10-6-7-12(9-14(10)24-15)23-11-4-2-1-3-5-11/h1-9,15H,(H,21,22)/t15-/m0/s1. The minimum Gasteiger partial charge on any atom is -0.478 e. The van der Waals surface area contributed by atoms with Crippen molar-refractivity contribution in [3.05, 3.63) is 59.7 Å². The third-order valence-corrected chi connectivity index (χ3v) is 3.35. The third kappa shape index (κ3) is 3.19. The Morgan fingerprint density at radius 3 is 2.42 bits per heavy atom. The number of para-hydroxylation sites is 1. The lowest BCUT2D eigenvalue weighted by Crippen LogP contribution is -2.40. The number of carboxylic acid groups (broad SMARTS) is 1. The second kappa shape index (κ2) is 5.92. The fourth-order valence-corrected chi connectivity index (χ4v) is 2.27. The molecular weight excluding hydrogens is 325 g/mol. The molecule has 2 aromatic rings. The van der Waals surface area contributed by atoms with Crippen molar-refractivity contribution in [3.8, 4) is 17.2 Å². The zero-order valence-corrected chi connectivity index (χ0v) is 12.1. The fraction of sp³-hybridized carbons (Fsp3) is 0.118. The van der Waals surface area contributed by atoms with E-state index >= 15 is 0 Å². The maximum atomic E-state index is 13.0. The van der Waals surface area contributed by atoms with Crippen LogP contribution in [0.3, 0.4) is 0 Å². The lowest BCUT2D eigenvalue weighted by molar-refractivity contribution is -0.187. The van der Waals surface area contributed by atoms with Crippen LogP contribution in [0.15, 0.2) is 54.1 Å². The number of fused-ring (bicyclic) bond motifs is 1. The van der Waals surface area contributed by atoms with Crippen LogP contribution in [-0.2, 0) is 4.79 Å². The van der Waals surface area contributed by atoms with E-state index < -0.39 is 23.8 Å². The fourth-order valence-electron chi connectivity index (χ4n) is 2.27. The smallest absolute Gasteiger partial charge is 0.430 e. The summed E-state index contributed by atoms with van der Waals surface area (Å²) in [5, 5.41) is 8.97. The van der Waals surface area contributed by atoms with Crippen LogP contribution < -0.4 is 9.47 Å². The normalized spacial score (nSPS) is 16.6. The first-order chi connectivity index (χ1) is 11.3. The maximum Gasteiger partial charge on any atom is 0.430 e. The summed E-state index contributed by atoms with van der Waals surface area (Å²) >= 11 is 0. The molecule has 0 aliphatic carbocycles. The summed E-state index contributed by atoms with van der Waals surface area (Å²) in [4.78, 5) is 11.1. The van der Waals surface area contributed by atoms with Gasteiger partial charge in [0.05, 0.1) is 5.57 Å². The Kier molecular flexibility index (Phi) is 3.92. The molecule has 0 bridgehead atoms. The summed E-state index contributed by atoms with van der Waals surface area (Å²) in [6.07, 6.45) is -6.39. The van der Waals surface area contributed by atoms with Crippen LogP contribution in [0.1, 0.15) is 5.56 Å². The number of benzene rings is 2. The Balaban J connectivity index is 1.95. The Morgan fingerprint density at radius 1 is 1.08 bits per heavy atom. The number of carbonyl (C=O) groups is 1. The quantitative estimate of drug-likeness (QED) is 0.909. The third-order valence-electron chi connectivity index (χ3n) is 3.35. The molecular formula is C17H11F3O4. The van der Waals surface area contributed by atoms with Crippen molar-refractivity contribution in [2.24, 2.45) is 0 Å². The highest BCUT2D eigenvalue weighted by Crippen LogP contribution is 2.39. The molecule has 1 heterocycles. The molecule has 0 spiro atoms. The minimum absolute atomic E-state index is 0.0873. The number of hydrogen-bond acceptors (Lipinski definition) is 3. The molecule has 4 nitrogen and oxygen atoms in total. The van der Waals surface area contributed by atoms with Crippen LogP contribution in [0, 0.1) is 0 Å². The van der Waals surface area contributed by atoms with Crippen LogP contribution in [0.25, 0.3) is 6.08 Å². The van der Waals surface area contributed by atoms with E-state index in [1.807, 2.05) is 0 Å². The molecule has 0 aromatic heterocycles. The monoisotopic (exact) mass is 336 g/mol. The van der Waals surface area contributed by atoms with Gasteiger partial charge in [0.25, 0.3) is 0 Å². The SMILES string of the molecule is O=C(O)C1=Cc2ccc(Oc3ccccc3)cc2O[C@@H]1C(F)(F)F. The van der Waals surface area contributed by atoms with Crippen LogP contribution in [0.4, 0.5) is 13.2 Å². The highest BCUT2D eigenvalue weighted by Gasteiger charge is 2.48. The van der Waals surface area contributed by atoms with Gasteiger partial charge in [-0.05, 0) is 30.3 Å². The molecule has 0 fully saturated rings. The van der Waals surface area contributed by atoms with Gasteiger partial charge in [-0.2, -0.15) is 13.2 Å². The summed E-state index contributed by atoms with van der Waals surface area (Å²) in [7, 11) is 0. The molecule has 3 rings (SSSR count). The van der Waals surface area contributed by atoms with Gasteiger partial charge in [0.15, 0.2) is 0 Å².